The van der Waals surface area contributed by atoms with E-state index in [2.05, 4.69) is 11.8 Å². The molecule has 3 aromatic carbocycles. The molecule has 1 nitrogen and oxygen atoms in total. The number of hydrogen-bond acceptors (Lipinski definition) is 1. The van der Waals surface area contributed by atoms with E-state index in [9.17, 15) is 5.11 Å². The van der Waals surface area contributed by atoms with Crippen molar-refractivity contribution in [1.82, 2.24) is 0 Å². The summed E-state index contributed by atoms with van der Waals surface area (Å²) in [5.41, 5.74) is 1.51. The Morgan fingerprint density at radius 1 is 0.708 bits per heavy atom. The van der Waals surface area contributed by atoms with E-state index in [1.807, 2.05) is 97.9 Å². The average Bonchev–Trinajstić information content (AvgIpc) is 2.67. The van der Waals surface area contributed by atoms with Gasteiger partial charge in [-0.15, -0.1) is 0 Å². The molecule has 0 spiro atoms. The summed E-state index contributed by atoms with van der Waals surface area (Å²) in [4.78, 5) is 0. The summed E-state index contributed by atoms with van der Waals surface area (Å²) in [6, 6.07) is 29.4. The number of rotatable bonds is 3. The fourth-order valence-corrected chi connectivity index (χ4v) is 2.87. The van der Waals surface area contributed by atoms with E-state index in [1.54, 1.807) is 0 Å². The summed E-state index contributed by atoms with van der Waals surface area (Å²) >= 11 is 0. The van der Waals surface area contributed by atoms with Crippen LogP contribution in [0, 0.1) is 17.8 Å². The molecular formula is C23H20O. The molecule has 0 aromatic heterocycles. The Hall–Kier alpha value is -2.82. The Kier molecular flexibility index (Phi) is 4.79. The van der Waals surface area contributed by atoms with Crippen molar-refractivity contribution in [3.63, 3.8) is 0 Å². The van der Waals surface area contributed by atoms with Gasteiger partial charge in [0, 0.05) is 5.56 Å². The molecule has 0 bridgehead atoms. The molecule has 0 amide bonds. The van der Waals surface area contributed by atoms with Crippen LogP contribution in [0.5, 0.6) is 0 Å². The first kappa shape index (κ1) is 16.1. The zero-order valence-electron chi connectivity index (χ0n) is 13.7. The van der Waals surface area contributed by atoms with Crippen LogP contribution in [-0.4, -0.2) is 5.11 Å². The van der Waals surface area contributed by atoms with Crippen LogP contribution in [0.25, 0.3) is 0 Å². The van der Waals surface area contributed by atoms with Gasteiger partial charge in [-0.1, -0.05) is 90.7 Å². The second-order valence-corrected chi connectivity index (χ2v) is 5.86. The zero-order valence-corrected chi connectivity index (χ0v) is 13.7. The van der Waals surface area contributed by atoms with Gasteiger partial charge in [-0.2, -0.15) is 0 Å². The lowest BCUT2D eigenvalue weighted by atomic mass is 9.77. The Morgan fingerprint density at radius 2 is 1.12 bits per heavy atom. The second-order valence-electron chi connectivity index (χ2n) is 5.86. The van der Waals surface area contributed by atoms with Crippen molar-refractivity contribution >= 4 is 0 Å². The minimum absolute atomic E-state index is 0.262. The van der Waals surface area contributed by atoms with Gasteiger partial charge in [0.15, 0.2) is 0 Å². The van der Waals surface area contributed by atoms with E-state index in [0.717, 1.165) is 16.7 Å². The van der Waals surface area contributed by atoms with Crippen LogP contribution in [-0.2, 0) is 5.60 Å². The predicted octanol–water partition coefficient (Wildman–Crippen LogP) is 4.61. The molecule has 118 valence electrons. The second kappa shape index (κ2) is 7.17. The van der Waals surface area contributed by atoms with Gasteiger partial charge in [0.05, 0.1) is 5.92 Å². The smallest absolute Gasteiger partial charge is 0.128 e. The first-order valence-corrected chi connectivity index (χ1v) is 8.11. The molecule has 0 radical (unpaired) electrons. The number of aliphatic hydroxyl groups is 1. The third-order valence-electron chi connectivity index (χ3n) is 4.26. The number of benzene rings is 3. The molecule has 1 heteroatoms. The summed E-state index contributed by atoms with van der Waals surface area (Å²) in [5.74, 6) is 6.15. The van der Waals surface area contributed by atoms with Gasteiger partial charge in [0.2, 0.25) is 0 Å². The van der Waals surface area contributed by atoms with Crippen molar-refractivity contribution in [3.8, 4) is 11.8 Å². The monoisotopic (exact) mass is 312 g/mol. The molecular weight excluding hydrogens is 292 g/mol. The maximum Gasteiger partial charge on any atom is 0.128 e. The van der Waals surface area contributed by atoms with Crippen molar-refractivity contribution in [1.29, 1.82) is 0 Å². The van der Waals surface area contributed by atoms with Gasteiger partial charge in [0.1, 0.15) is 5.60 Å². The fraction of sp³-hybridized carbons (Fsp3) is 0.130. The fourth-order valence-electron chi connectivity index (χ4n) is 2.87. The Labute approximate surface area is 143 Å². The van der Waals surface area contributed by atoms with Crippen LogP contribution in [0.2, 0.25) is 0 Å². The lowest BCUT2D eigenvalue weighted by Crippen LogP contribution is -2.34. The molecule has 0 fully saturated rings. The highest BCUT2D eigenvalue weighted by Crippen LogP contribution is 2.36. The van der Waals surface area contributed by atoms with Crippen molar-refractivity contribution in [2.24, 2.45) is 5.92 Å². The van der Waals surface area contributed by atoms with Crippen LogP contribution in [0.4, 0.5) is 0 Å². The van der Waals surface area contributed by atoms with Crippen LogP contribution >= 0.6 is 0 Å². The van der Waals surface area contributed by atoms with Crippen molar-refractivity contribution < 1.29 is 5.11 Å². The summed E-state index contributed by atoms with van der Waals surface area (Å²) in [5, 5.41) is 11.6. The van der Waals surface area contributed by atoms with Gasteiger partial charge in [0.25, 0.3) is 0 Å². The van der Waals surface area contributed by atoms with Crippen LogP contribution < -0.4 is 0 Å². The van der Waals surface area contributed by atoms with Gasteiger partial charge in [-0.3, -0.25) is 0 Å². The standard InChI is InChI=1S/C23H20O/c1-19(17-18-20-11-5-2-6-12-20)23(24,21-13-7-3-8-14-21)22-15-9-4-10-16-22/h2-16,19,24H,1H3/t19-/m0/s1. The van der Waals surface area contributed by atoms with E-state index < -0.39 is 5.60 Å². The summed E-state index contributed by atoms with van der Waals surface area (Å²) in [6.07, 6.45) is 0. The molecule has 0 saturated carbocycles. The Morgan fingerprint density at radius 3 is 1.58 bits per heavy atom. The molecule has 3 aromatic rings. The average molecular weight is 312 g/mol. The van der Waals surface area contributed by atoms with Crippen molar-refractivity contribution in [3.05, 3.63) is 108 Å². The molecule has 0 heterocycles. The molecule has 24 heavy (non-hydrogen) atoms. The van der Waals surface area contributed by atoms with E-state index in [-0.39, 0.29) is 5.92 Å². The predicted molar refractivity (Wildman–Crippen MR) is 98.4 cm³/mol. The van der Waals surface area contributed by atoms with Gasteiger partial charge in [-0.25, -0.2) is 0 Å². The highest BCUT2D eigenvalue weighted by atomic mass is 16.3. The number of hydrogen-bond donors (Lipinski definition) is 1. The topological polar surface area (TPSA) is 20.2 Å². The lowest BCUT2D eigenvalue weighted by Gasteiger charge is -2.32. The minimum Gasteiger partial charge on any atom is -0.379 e. The SMILES string of the molecule is C[C@@H](C#Cc1ccccc1)C(O)(c1ccccc1)c1ccccc1. The molecule has 1 atom stereocenters. The maximum absolute atomic E-state index is 11.6. The first-order valence-electron chi connectivity index (χ1n) is 8.11. The minimum atomic E-state index is -1.15. The molecule has 0 aliphatic heterocycles. The summed E-state index contributed by atoms with van der Waals surface area (Å²) in [6.45, 7) is 1.97. The maximum atomic E-state index is 11.6. The third kappa shape index (κ3) is 3.25. The van der Waals surface area contributed by atoms with Crippen LogP contribution in [0.15, 0.2) is 91.0 Å². The van der Waals surface area contributed by atoms with E-state index in [1.165, 1.54) is 0 Å². The quantitative estimate of drug-likeness (QED) is 0.700. The lowest BCUT2D eigenvalue weighted by molar-refractivity contribution is 0.0471. The largest absolute Gasteiger partial charge is 0.379 e. The zero-order chi connectivity index (χ0) is 16.8. The van der Waals surface area contributed by atoms with E-state index >= 15 is 0 Å². The Bertz CT molecular complexity index is 787. The van der Waals surface area contributed by atoms with E-state index in [0.29, 0.717) is 0 Å². The van der Waals surface area contributed by atoms with Crippen LogP contribution in [0.3, 0.4) is 0 Å². The Balaban J connectivity index is 2.04. The van der Waals surface area contributed by atoms with Gasteiger partial charge < -0.3 is 5.11 Å². The normalized spacial score (nSPS) is 12.1. The molecule has 0 aliphatic rings. The first-order chi connectivity index (χ1) is 11.7. The molecule has 0 unspecified atom stereocenters. The summed E-state index contributed by atoms with van der Waals surface area (Å²) in [7, 11) is 0. The van der Waals surface area contributed by atoms with Gasteiger partial charge >= 0.3 is 0 Å². The molecule has 0 aliphatic carbocycles. The summed E-state index contributed by atoms with van der Waals surface area (Å²) < 4.78 is 0. The van der Waals surface area contributed by atoms with E-state index in [4.69, 9.17) is 0 Å². The molecule has 0 saturated heterocycles. The van der Waals surface area contributed by atoms with Gasteiger partial charge in [-0.05, 0) is 30.2 Å². The van der Waals surface area contributed by atoms with Crippen molar-refractivity contribution in [2.45, 2.75) is 12.5 Å². The highest BCUT2D eigenvalue weighted by molar-refractivity contribution is 5.41. The van der Waals surface area contributed by atoms with Crippen LogP contribution in [0.1, 0.15) is 23.6 Å². The third-order valence-corrected chi connectivity index (χ3v) is 4.26. The van der Waals surface area contributed by atoms with Crippen molar-refractivity contribution in [2.75, 3.05) is 0 Å². The molecule has 3 rings (SSSR count). The molecule has 1 N–H and O–H groups in total. The highest BCUT2D eigenvalue weighted by Gasteiger charge is 2.36.